The molecule has 18 heavy (non-hydrogen) atoms. The van der Waals surface area contributed by atoms with E-state index in [2.05, 4.69) is 24.0 Å². The maximum Gasteiger partial charge on any atom is 0.231 e. The Labute approximate surface area is 109 Å². The molecule has 0 bridgehead atoms. The highest BCUT2D eigenvalue weighted by Gasteiger charge is 2.26. The van der Waals surface area contributed by atoms with Crippen molar-refractivity contribution in [3.63, 3.8) is 0 Å². The third-order valence-corrected chi connectivity index (χ3v) is 4.23. The summed E-state index contributed by atoms with van der Waals surface area (Å²) in [4.78, 5) is 4.59. The molecule has 1 heterocycles. The standard InChI is InChI=1S/C14H25N3O/c1-4-12(10(3)15)14-16-13(17-18-14)11-7-5-9(2)6-8-11/h9-12H,4-8,15H2,1-3H3. The van der Waals surface area contributed by atoms with Crippen LogP contribution in [0.3, 0.4) is 0 Å². The molecule has 1 aliphatic rings. The molecule has 1 saturated carbocycles. The Hall–Kier alpha value is -0.900. The molecule has 1 aliphatic carbocycles. The highest BCUT2D eigenvalue weighted by Crippen LogP contribution is 2.34. The van der Waals surface area contributed by atoms with E-state index in [1.807, 2.05) is 6.92 Å². The van der Waals surface area contributed by atoms with Crippen LogP contribution in [0.2, 0.25) is 0 Å². The molecule has 2 unspecified atom stereocenters. The van der Waals surface area contributed by atoms with E-state index in [1.54, 1.807) is 0 Å². The summed E-state index contributed by atoms with van der Waals surface area (Å²) in [5.41, 5.74) is 5.96. The van der Waals surface area contributed by atoms with Crippen LogP contribution in [0.5, 0.6) is 0 Å². The van der Waals surface area contributed by atoms with Crippen LogP contribution in [0.1, 0.15) is 76.4 Å². The Morgan fingerprint density at radius 3 is 2.56 bits per heavy atom. The van der Waals surface area contributed by atoms with Crippen molar-refractivity contribution < 1.29 is 4.52 Å². The van der Waals surface area contributed by atoms with Gasteiger partial charge < -0.3 is 10.3 Å². The maximum atomic E-state index is 5.96. The zero-order valence-corrected chi connectivity index (χ0v) is 11.7. The lowest BCUT2D eigenvalue weighted by atomic mass is 9.83. The fourth-order valence-corrected chi connectivity index (χ4v) is 2.85. The van der Waals surface area contributed by atoms with Gasteiger partial charge in [0.2, 0.25) is 5.89 Å². The molecule has 4 heteroatoms. The Balaban J connectivity index is 2.05. The second kappa shape index (κ2) is 5.83. The van der Waals surface area contributed by atoms with Gasteiger partial charge in [-0.05, 0) is 32.1 Å². The lowest BCUT2D eigenvalue weighted by Gasteiger charge is -2.23. The van der Waals surface area contributed by atoms with Crippen molar-refractivity contribution in [1.29, 1.82) is 0 Å². The number of nitrogens with zero attached hydrogens (tertiary/aromatic N) is 2. The fourth-order valence-electron chi connectivity index (χ4n) is 2.85. The number of nitrogens with two attached hydrogens (primary N) is 1. The van der Waals surface area contributed by atoms with Gasteiger partial charge in [0.1, 0.15) is 0 Å². The molecule has 0 saturated heterocycles. The topological polar surface area (TPSA) is 64.9 Å². The van der Waals surface area contributed by atoms with Gasteiger partial charge in [0.25, 0.3) is 0 Å². The summed E-state index contributed by atoms with van der Waals surface area (Å²) in [7, 11) is 0. The average molecular weight is 251 g/mol. The van der Waals surface area contributed by atoms with E-state index in [1.165, 1.54) is 25.7 Å². The molecule has 102 valence electrons. The quantitative estimate of drug-likeness (QED) is 0.892. The number of hydrogen-bond donors (Lipinski definition) is 1. The van der Waals surface area contributed by atoms with Gasteiger partial charge in [0, 0.05) is 12.0 Å². The van der Waals surface area contributed by atoms with Gasteiger partial charge >= 0.3 is 0 Å². The first kappa shape index (κ1) is 13.5. The van der Waals surface area contributed by atoms with E-state index in [0.29, 0.717) is 5.92 Å². The molecule has 0 radical (unpaired) electrons. The summed E-state index contributed by atoms with van der Waals surface area (Å²) >= 11 is 0. The van der Waals surface area contributed by atoms with E-state index in [4.69, 9.17) is 10.3 Å². The molecule has 2 atom stereocenters. The maximum absolute atomic E-state index is 5.96. The second-order valence-corrected chi connectivity index (χ2v) is 5.82. The molecule has 0 amide bonds. The molecule has 4 nitrogen and oxygen atoms in total. The van der Waals surface area contributed by atoms with E-state index >= 15 is 0 Å². The van der Waals surface area contributed by atoms with Crippen molar-refractivity contribution in [2.75, 3.05) is 0 Å². The fraction of sp³-hybridized carbons (Fsp3) is 0.857. The van der Waals surface area contributed by atoms with Crippen LogP contribution in [-0.4, -0.2) is 16.2 Å². The van der Waals surface area contributed by atoms with Gasteiger partial charge in [-0.1, -0.05) is 31.8 Å². The largest absolute Gasteiger partial charge is 0.339 e. The lowest BCUT2D eigenvalue weighted by Crippen LogP contribution is -2.24. The normalized spacial score (nSPS) is 28.0. The smallest absolute Gasteiger partial charge is 0.231 e. The van der Waals surface area contributed by atoms with Crippen LogP contribution in [0.4, 0.5) is 0 Å². The van der Waals surface area contributed by atoms with Crippen molar-refractivity contribution >= 4 is 0 Å². The Morgan fingerprint density at radius 1 is 1.33 bits per heavy atom. The van der Waals surface area contributed by atoms with Crippen molar-refractivity contribution in [2.24, 2.45) is 11.7 Å². The lowest BCUT2D eigenvalue weighted by molar-refractivity contribution is 0.312. The zero-order valence-electron chi connectivity index (χ0n) is 11.7. The Kier molecular flexibility index (Phi) is 4.38. The van der Waals surface area contributed by atoms with Crippen molar-refractivity contribution in [2.45, 2.75) is 70.8 Å². The van der Waals surface area contributed by atoms with Crippen molar-refractivity contribution in [3.05, 3.63) is 11.7 Å². The van der Waals surface area contributed by atoms with Crippen LogP contribution in [0.15, 0.2) is 4.52 Å². The van der Waals surface area contributed by atoms with Crippen molar-refractivity contribution in [1.82, 2.24) is 10.1 Å². The first-order valence-electron chi connectivity index (χ1n) is 7.20. The molecule has 2 N–H and O–H groups in total. The summed E-state index contributed by atoms with van der Waals surface area (Å²) in [5.74, 6) is 3.15. The third kappa shape index (κ3) is 2.91. The first-order chi connectivity index (χ1) is 8.61. The zero-order chi connectivity index (χ0) is 13.1. The van der Waals surface area contributed by atoms with E-state index in [-0.39, 0.29) is 12.0 Å². The van der Waals surface area contributed by atoms with Gasteiger partial charge in [-0.15, -0.1) is 0 Å². The monoisotopic (exact) mass is 251 g/mol. The predicted octanol–water partition coefficient (Wildman–Crippen LogP) is 3.20. The molecule has 1 aromatic rings. The Bertz CT molecular complexity index is 367. The summed E-state index contributed by atoms with van der Waals surface area (Å²) in [5, 5.41) is 4.17. The van der Waals surface area contributed by atoms with Gasteiger partial charge in [0.05, 0.1) is 5.92 Å². The second-order valence-electron chi connectivity index (χ2n) is 5.82. The Morgan fingerprint density at radius 2 is 2.00 bits per heavy atom. The summed E-state index contributed by atoms with van der Waals surface area (Å²) in [6.45, 7) is 6.43. The van der Waals surface area contributed by atoms with Crippen LogP contribution in [0.25, 0.3) is 0 Å². The number of aromatic nitrogens is 2. The molecule has 1 aromatic heterocycles. The molecule has 0 spiro atoms. The van der Waals surface area contributed by atoms with Gasteiger partial charge in [-0.3, -0.25) is 0 Å². The average Bonchev–Trinajstić information content (AvgIpc) is 2.80. The number of rotatable bonds is 4. The number of hydrogen-bond acceptors (Lipinski definition) is 4. The van der Waals surface area contributed by atoms with Crippen molar-refractivity contribution in [3.8, 4) is 0 Å². The highest BCUT2D eigenvalue weighted by atomic mass is 16.5. The molecule has 0 aromatic carbocycles. The summed E-state index contributed by atoms with van der Waals surface area (Å²) in [6.07, 6.45) is 5.88. The molecule has 0 aliphatic heterocycles. The minimum Gasteiger partial charge on any atom is -0.339 e. The van der Waals surface area contributed by atoms with E-state index in [9.17, 15) is 0 Å². The van der Waals surface area contributed by atoms with Crippen LogP contribution >= 0.6 is 0 Å². The van der Waals surface area contributed by atoms with Crippen LogP contribution in [0, 0.1) is 5.92 Å². The minimum absolute atomic E-state index is 0.0645. The van der Waals surface area contributed by atoms with E-state index < -0.39 is 0 Å². The summed E-state index contributed by atoms with van der Waals surface area (Å²) in [6, 6.07) is 0.0645. The first-order valence-corrected chi connectivity index (χ1v) is 7.20. The summed E-state index contributed by atoms with van der Waals surface area (Å²) < 4.78 is 5.42. The van der Waals surface area contributed by atoms with Gasteiger partial charge in [0.15, 0.2) is 5.82 Å². The minimum atomic E-state index is 0.0645. The predicted molar refractivity (Wildman–Crippen MR) is 71.4 cm³/mol. The van der Waals surface area contributed by atoms with E-state index in [0.717, 1.165) is 24.1 Å². The van der Waals surface area contributed by atoms with Gasteiger partial charge in [-0.2, -0.15) is 4.98 Å². The molecular weight excluding hydrogens is 226 g/mol. The SMILES string of the molecule is CCC(c1nc(C2CCC(C)CC2)no1)C(C)N. The molecular formula is C14H25N3O. The molecule has 1 fully saturated rings. The molecule has 2 rings (SSSR count). The highest BCUT2D eigenvalue weighted by molar-refractivity contribution is 5.02. The van der Waals surface area contributed by atoms with Crippen LogP contribution in [-0.2, 0) is 0 Å². The van der Waals surface area contributed by atoms with Gasteiger partial charge in [-0.25, -0.2) is 0 Å². The third-order valence-electron chi connectivity index (χ3n) is 4.23. The van der Waals surface area contributed by atoms with Crippen LogP contribution < -0.4 is 5.73 Å².